The van der Waals surface area contributed by atoms with Crippen molar-refractivity contribution in [1.29, 1.82) is 0 Å². The van der Waals surface area contributed by atoms with Crippen molar-refractivity contribution in [3.05, 3.63) is 34.9 Å². The maximum absolute atomic E-state index is 11.9. The maximum Gasteiger partial charge on any atom is 0.413 e. The molecule has 0 aliphatic carbocycles. The topological polar surface area (TPSA) is 111 Å². The monoisotopic (exact) mass is 336 g/mol. The Morgan fingerprint density at radius 2 is 1.75 bits per heavy atom. The van der Waals surface area contributed by atoms with Crippen molar-refractivity contribution in [1.82, 2.24) is 10.6 Å². The van der Waals surface area contributed by atoms with Crippen LogP contribution in [0.3, 0.4) is 0 Å². The number of nitrogens with one attached hydrogen (secondary N) is 2. The lowest BCUT2D eigenvalue weighted by atomic mass is 10.1. The highest BCUT2D eigenvalue weighted by Gasteiger charge is 2.13. The number of carbonyl (C=O) groups excluding carboxylic acids is 4. The van der Waals surface area contributed by atoms with E-state index >= 15 is 0 Å². The van der Waals surface area contributed by atoms with E-state index in [-0.39, 0.29) is 6.61 Å². The molecule has 0 unspecified atom stereocenters. The molecule has 0 saturated heterocycles. The van der Waals surface area contributed by atoms with E-state index in [4.69, 9.17) is 0 Å². The summed E-state index contributed by atoms with van der Waals surface area (Å²) in [5.74, 6) is -2.04. The highest BCUT2D eigenvalue weighted by molar-refractivity contribution is 5.96. The van der Waals surface area contributed by atoms with Gasteiger partial charge in [0.25, 0.3) is 11.8 Å². The Labute approximate surface area is 139 Å². The van der Waals surface area contributed by atoms with Crippen molar-refractivity contribution in [3.63, 3.8) is 0 Å². The summed E-state index contributed by atoms with van der Waals surface area (Å²) in [6, 6.07) is 5.17. The van der Waals surface area contributed by atoms with Gasteiger partial charge < -0.3 is 14.8 Å². The highest BCUT2D eigenvalue weighted by atomic mass is 16.6. The lowest BCUT2D eigenvalue weighted by molar-refractivity contribution is -0.147. The second-order valence-electron chi connectivity index (χ2n) is 4.91. The molecule has 0 aliphatic heterocycles. The summed E-state index contributed by atoms with van der Waals surface area (Å²) in [4.78, 5) is 45.6. The van der Waals surface area contributed by atoms with Crippen LogP contribution in [0.4, 0.5) is 4.79 Å². The maximum atomic E-state index is 11.9. The Morgan fingerprint density at radius 3 is 2.38 bits per heavy atom. The fourth-order valence-electron chi connectivity index (χ4n) is 1.65. The Balaban J connectivity index is 2.35. The van der Waals surface area contributed by atoms with Crippen molar-refractivity contribution in [2.24, 2.45) is 0 Å². The van der Waals surface area contributed by atoms with Crippen molar-refractivity contribution in [2.75, 3.05) is 19.8 Å². The molecule has 0 bridgehead atoms. The Hall–Kier alpha value is -2.90. The lowest BCUT2D eigenvalue weighted by Crippen LogP contribution is -2.36. The van der Waals surface area contributed by atoms with Gasteiger partial charge in [-0.05, 0) is 44.0 Å². The number of amides is 3. The Bertz CT molecular complexity index is 641. The molecule has 0 fully saturated rings. The third-order valence-corrected chi connectivity index (χ3v) is 3.04. The molecule has 0 heterocycles. The quantitative estimate of drug-likeness (QED) is 0.745. The molecule has 1 rings (SSSR count). The van der Waals surface area contributed by atoms with E-state index in [1.165, 1.54) is 0 Å². The Morgan fingerprint density at radius 1 is 1.04 bits per heavy atom. The first kappa shape index (κ1) is 19.1. The summed E-state index contributed by atoms with van der Waals surface area (Å²) >= 11 is 0. The molecule has 3 amide bonds. The van der Waals surface area contributed by atoms with E-state index < -0.39 is 37.0 Å². The number of aryl methyl sites for hydroxylation is 2. The number of imide groups is 1. The van der Waals surface area contributed by atoms with E-state index in [0.717, 1.165) is 11.1 Å². The molecule has 8 nitrogen and oxygen atoms in total. The van der Waals surface area contributed by atoms with E-state index in [0.29, 0.717) is 5.56 Å². The number of esters is 1. The molecule has 130 valence electrons. The van der Waals surface area contributed by atoms with Gasteiger partial charge in [-0.2, -0.15) is 0 Å². The molecule has 8 heteroatoms. The van der Waals surface area contributed by atoms with Crippen LogP contribution in [0.5, 0.6) is 0 Å². The zero-order chi connectivity index (χ0) is 18.1. The highest BCUT2D eigenvalue weighted by Crippen LogP contribution is 2.09. The number of rotatable bonds is 6. The smallest absolute Gasteiger partial charge is 0.413 e. The van der Waals surface area contributed by atoms with Crippen molar-refractivity contribution >= 4 is 23.9 Å². The van der Waals surface area contributed by atoms with E-state index in [1.54, 1.807) is 19.1 Å². The number of hydrogen-bond donors (Lipinski definition) is 2. The van der Waals surface area contributed by atoms with Crippen LogP contribution in [0, 0.1) is 13.8 Å². The first-order valence-electron chi connectivity index (χ1n) is 7.31. The number of ether oxygens (including phenoxy) is 2. The van der Waals surface area contributed by atoms with Crippen LogP contribution in [-0.2, 0) is 19.1 Å². The molecular weight excluding hydrogens is 316 g/mol. The van der Waals surface area contributed by atoms with Gasteiger partial charge in [-0.3, -0.25) is 19.7 Å². The van der Waals surface area contributed by atoms with Gasteiger partial charge in [0.05, 0.1) is 6.61 Å². The first-order chi connectivity index (χ1) is 11.3. The first-order valence-corrected chi connectivity index (χ1v) is 7.31. The van der Waals surface area contributed by atoms with Gasteiger partial charge in [0.2, 0.25) is 0 Å². The average molecular weight is 336 g/mol. The molecule has 1 aromatic rings. The average Bonchev–Trinajstić information content (AvgIpc) is 2.53. The van der Waals surface area contributed by atoms with Gasteiger partial charge in [-0.25, -0.2) is 4.79 Å². The van der Waals surface area contributed by atoms with Crippen LogP contribution in [0.15, 0.2) is 18.2 Å². The fraction of sp³-hybridized carbons (Fsp3) is 0.375. The standard InChI is InChI=1S/C16H20N2O6/c1-4-23-16(22)18-13(19)9-24-14(20)8-17-15(21)12-6-5-10(2)11(3)7-12/h5-7H,4,8-9H2,1-3H3,(H,17,21)(H,18,19,22). The van der Waals surface area contributed by atoms with Gasteiger partial charge in [-0.15, -0.1) is 0 Å². The third kappa shape index (κ3) is 6.47. The predicted octanol–water partition coefficient (Wildman–Crippen LogP) is 0.849. The normalized spacial score (nSPS) is 9.79. The molecule has 24 heavy (non-hydrogen) atoms. The molecular formula is C16H20N2O6. The number of hydrogen-bond acceptors (Lipinski definition) is 6. The summed E-state index contributed by atoms with van der Waals surface area (Å²) in [5, 5.41) is 4.27. The summed E-state index contributed by atoms with van der Waals surface area (Å²) in [7, 11) is 0. The number of alkyl carbamates (subject to hydrolysis) is 1. The second-order valence-corrected chi connectivity index (χ2v) is 4.91. The minimum atomic E-state index is -0.915. The summed E-state index contributed by atoms with van der Waals surface area (Å²) in [6.45, 7) is 4.47. The van der Waals surface area contributed by atoms with Crippen molar-refractivity contribution in [3.8, 4) is 0 Å². The van der Waals surface area contributed by atoms with Gasteiger partial charge in [0, 0.05) is 5.56 Å². The number of benzene rings is 1. The van der Waals surface area contributed by atoms with Crippen LogP contribution in [0.1, 0.15) is 28.4 Å². The molecule has 0 atom stereocenters. The summed E-state index contributed by atoms with van der Waals surface area (Å²) in [5.41, 5.74) is 2.44. The summed E-state index contributed by atoms with van der Waals surface area (Å²) < 4.78 is 9.14. The molecule has 0 aromatic heterocycles. The van der Waals surface area contributed by atoms with Gasteiger partial charge in [-0.1, -0.05) is 6.07 Å². The van der Waals surface area contributed by atoms with E-state index in [2.05, 4.69) is 14.8 Å². The predicted molar refractivity (Wildman–Crippen MR) is 84.4 cm³/mol. The third-order valence-electron chi connectivity index (χ3n) is 3.04. The number of carbonyl (C=O) groups is 4. The minimum Gasteiger partial charge on any atom is -0.454 e. The fourth-order valence-corrected chi connectivity index (χ4v) is 1.65. The van der Waals surface area contributed by atoms with Crippen LogP contribution >= 0.6 is 0 Å². The Kier molecular flexibility index (Phi) is 7.41. The van der Waals surface area contributed by atoms with Gasteiger partial charge >= 0.3 is 12.1 Å². The van der Waals surface area contributed by atoms with E-state index in [9.17, 15) is 19.2 Å². The van der Waals surface area contributed by atoms with Crippen LogP contribution in [-0.4, -0.2) is 43.6 Å². The minimum absolute atomic E-state index is 0.115. The van der Waals surface area contributed by atoms with Crippen molar-refractivity contribution < 1.29 is 28.7 Å². The molecule has 2 N–H and O–H groups in total. The van der Waals surface area contributed by atoms with Gasteiger partial charge in [0.1, 0.15) is 6.54 Å². The zero-order valence-electron chi connectivity index (χ0n) is 13.8. The van der Waals surface area contributed by atoms with Crippen LogP contribution in [0.2, 0.25) is 0 Å². The summed E-state index contributed by atoms with van der Waals surface area (Å²) in [6.07, 6.45) is -0.915. The van der Waals surface area contributed by atoms with E-state index in [1.807, 2.05) is 25.2 Å². The van der Waals surface area contributed by atoms with Crippen molar-refractivity contribution in [2.45, 2.75) is 20.8 Å². The zero-order valence-corrected chi connectivity index (χ0v) is 13.8. The molecule has 0 aliphatic rings. The van der Waals surface area contributed by atoms with Gasteiger partial charge in [0.15, 0.2) is 6.61 Å². The molecule has 0 radical (unpaired) electrons. The SMILES string of the molecule is CCOC(=O)NC(=O)COC(=O)CNC(=O)c1ccc(C)c(C)c1. The lowest BCUT2D eigenvalue weighted by Gasteiger charge is -2.08. The second kappa shape index (κ2) is 9.29. The molecule has 1 aromatic carbocycles. The van der Waals surface area contributed by atoms with Crippen LogP contribution < -0.4 is 10.6 Å². The molecule has 0 saturated carbocycles. The molecule has 0 spiro atoms. The van der Waals surface area contributed by atoms with Crippen LogP contribution in [0.25, 0.3) is 0 Å². The largest absolute Gasteiger partial charge is 0.454 e.